The van der Waals surface area contributed by atoms with Gasteiger partial charge in [-0.25, -0.2) is 0 Å². The maximum absolute atomic E-state index is 11.8. The predicted molar refractivity (Wildman–Crippen MR) is 62.7 cm³/mol. The number of hydrogen-bond donors (Lipinski definition) is 1. The van der Waals surface area contributed by atoms with E-state index in [0.29, 0.717) is 6.54 Å². The molecule has 1 aliphatic rings. The van der Waals surface area contributed by atoms with Gasteiger partial charge in [0.05, 0.1) is 6.54 Å². The highest BCUT2D eigenvalue weighted by atomic mass is 16.2. The average molecular weight is 212 g/mol. The van der Waals surface area contributed by atoms with Crippen LogP contribution in [0.15, 0.2) is 0 Å². The van der Waals surface area contributed by atoms with E-state index in [0.717, 1.165) is 31.8 Å². The Hall–Kier alpha value is -0.570. The minimum absolute atomic E-state index is 0.0265. The molecule has 0 atom stereocenters. The summed E-state index contributed by atoms with van der Waals surface area (Å²) in [4.78, 5) is 13.8. The van der Waals surface area contributed by atoms with Gasteiger partial charge in [-0.05, 0) is 39.5 Å². The van der Waals surface area contributed by atoms with Gasteiger partial charge in [0.25, 0.3) is 0 Å². The molecule has 1 heterocycles. The van der Waals surface area contributed by atoms with E-state index in [2.05, 4.69) is 33.0 Å². The second-order valence-corrected chi connectivity index (χ2v) is 5.67. The standard InChI is InChI=1S/C12H24N2O/c1-10-5-7-14(8-6-10)11(15)9-13-12(2,3)4/h10,13H,5-9H2,1-4H3. The largest absolute Gasteiger partial charge is 0.342 e. The van der Waals surface area contributed by atoms with E-state index in [9.17, 15) is 4.79 Å². The van der Waals surface area contributed by atoms with Crippen LogP contribution in [-0.4, -0.2) is 36.0 Å². The smallest absolute Gasteiger partial charge is 0.236 e. The first-order valence-electron chi connectivity index (χ1n) is 5.91. The summed E-state index contributed by atoms with van der Waals surface area (Å²) in [6.45, 7) is 10.8. The highest BCUT2D eigenvalue weighted by Crippen LogP contribution is 2.15. The van der Waals surface area contributed by atoms with Crippen LogP contribution in [0.2, 0.25) is 0 Å². The Bertz CT molecular complexity index is 212. The van der Waals surface area contributed by atoms with Gasteiger partial charge >= 0.3 is 0 Å². The quantitative estimate of drug-likeness (QED) is 0.754. The van der Waals surface area contributed by atoms with Gasteiger partial charge in [0.2, 0.25) is 5.91 Å². The van der Waals surface area contributed by atoms with Gasteiger partial charge in [0.1, 0.15) is 0 Å². The maximum Gasteiger partial charge on any atom is 0.236 e. The summed E-state index contributed by atoms with van der Waals surface area (Å²) >= 11 is 0. The molecule has 0 unspecified atom stereocenters. The molecule has 0 bridgehead atoms. The van der Waals surface area contributed by atoms with E-state index in [1.54, 1.807) is 0 Å². The van der Waals surface area contributed by atoms with Crippen molar-refractivity contribution in [3.05, 3.63) is 0 Å². The summed E-state index contributed by atoms with van der Waals surface area (Å²) in [5.41, 5.74) is 0.0265. The van der Waals surface area contributed by atoms with Crippen molar-refractivity contribution in [2.45, 2.75) is 46.1 Å². The molecule has 1 aliphatic heterocycles. The third kappa shape index (κ3) is 4.65. The third-order valence-corrected chi connectivity index (χ3v) is 2.91. The minimum Gasteiger partial charge on any atom is -0.342 e. The van der Waals surface area contributed by atoms with Gasteiger partial charge in [-0.2, -0.15) is 0 Å². The average Bonchev–Trinajstić information content (AvgIpc) is 2.14. The highest BCUT2D eigenvalue weighted by Gasteiger charge is 2.21. The maximum atomic E-state index is 11.8. The molecule has 88 valence electrons. The Morgan fingerprint density at radius 2 is 1.87 bits per heavy atom. The molecule has 15 heavy (non-hydrogen) atoms. The third-order valence-electron chi connectivity index (χ3n) is 2.91. The molecule has 0 spiro atoms. The zero-order chi connectivity index (χ0) is 11.5. The van der Waals surface area contributed by atoms with E-state index < -0.39 is 0 Å². The Morgan fingerprint density at radius 3 is 2.33 bits per heavy atom. The lowest BCUT2D eigenvalue weighted by Gasteiger charge is -2.31. The van der Waals surface area contributed by atoms with Crippen LogP contribution in [-0.2, 0) is 4.79 Å². The van der Waals surface area contributed by atoms with E-state index in [-0.39, 0.29) is 11.4 Å². The number of nitrogens with one attached hydrogen (secondary N) is 1. The summed E-state index contributed by atoms with van der Waals surface area (Å²) < 4.78 is 0. The van der Waals surface area contributed by atoms with Crippen LogP contribution in [0, 0.1) is 5.92 Å². The van der Waals surface area contributed by atoms with E-state index >= 15 is 0 Å². The molecule has 1 fully saturated rings. The van der Waals surface area contributed by atoms with E-state index in [1.165, 1.54) is 0 Å². The van der Waals surface area contributed by atoms with Crippen molar-refractivity contribution >= 4 is 5.91 Å². The fourth-order valence-electron chi connectivity index (χ4n) is 1.71. The second kappa shape index (κ2) is 4.97. The summed E-state index contributed by atoms with van der Waals surface area (Å²) in [6, 6.07) is 0. The molecule has 0 radical (unpaired) electrons. The zero-order valence-corrected chi connectivity index (χ0v) is 10.5. The van der Waals surface area contributed by atoms with Gasteiger partial charge in [-0.15, -0.1) is 0 Å². The number of carbonyl (C=O) groups is 1. The molecule has 1 amide bonds. The van der Waals surface area contributed by atoms with Crippen molar-refractivity contribution in [3.8, 4) is 0 Å². The topological polar surface area (TPSA) is 32.3 Å². The van der Waals surface area contributed by atoms with Crippen molar-refractivity contribution in [1.29, 1.82) is 0 Å². The molecule has 3 nitrogen and oxygen atoms in total. The Labute approximate surface area is 93.2 Å². The Balaban J connectivity index is 2.29. The first kappa shape index (κ1) is 12.5. The number of piperidine rings is 1. The van der Waals surface area contributed by atoms with Crippen LogP contribution in [0.3, 0.4) is 0 Å². The van der Waals surface area contributed by atoms with Crippen molar-refractivity contribution in [2.75, 3.05) is 19.6 Å². The summed E-state index contributed by atoms with van der Waals surface area (Å²) in [5.74, 6) is 1.03. The fraction of sp³-hybridized carbons (Fsp3) is 0.917. The van der Waals surface area contributed by atoms with Gasteiger partial charge in [-0.1, -0.05) is 6.92 Å². The van der Waals surface area contributed by atoms with Crippen LogP contribution < -0.4 is 5.32 Å². The second-order valence-electron chi connectivity index (χ2n) is 5.67. The van der Waals surface area contributed by atoms with Crippen LogP contribution in [0.1, 0.15) is 40.5 Å². The first-order valence-corrected chi connectivity index (χ1v) is 5.91. The summed E-state index contributed by atoms with van der Waals surface area (Å²) in [6.07, 6.45) is 2.31. The number of amides is 1. The molecule has 1 rings (SSSR count). The first-order chi connectivity index (χ1) is 6.88. The van der Waals surface area contributed by atoms with E-state index in [4.69, 9.17) is 0 Å². The Morgan fingerprint density at radius 1 is 1.33 bits per heavy atom. The number of carbonyl (C=O) groups excluding carboxylic acids is 1. The molecule has 1 N–H and O–H groups in total. The Kier molecular flexibility index (Phi) is 4.14. The zero-order valence-electron chi connectivity index (χ0n) is 10.5. The van der Waals surface area contributed by atoms with Crippen molar-refractivity contribution in [3.63, 3.8) is 0 Å². The van der Waals surface area contributed by atoms with Crippen LogP contribution >= 0.6 is 0 Å². The fourth-order valence-corrected chi connectivity index (χ4v) is 1.71. The lowest BCUT2D eigenvalue weighted by Crippen LogP contribution is -2.47. The lowest BCUT2D eigenvalue weighted by molar-refractivity contribution is -0.131. The molecular weight excluding hydrogens is 188 g/mol. The molecule has 0 aromatic heterocycles. The number of hydrogen-bond acceptors (Lipinski definition) is 2. The SMILES string of the molecule is CC1CCN(C(=O)CNC(C)(C)C)CC1. The number of nitrogens with zero attached hydrogens (tertiary/aromatic N) is 1. The normalized spacial score (nSPS) is 19.3. The molecule has 1 saturated heterocycles. The van der Waals surface area contributed by atoms with Gasteiger partial charge in [-0.3, -0.25) is 4.79 Å². The number of likely N-dealkylation sites (tertiary alicyclic amines) is 1. The van der Waals surface area contributed by atoms with Gasteiger partial charge in [0.15, 0.2) is 0 Å². The molecule has 0 saturated carbocycles. The summed E-state index contributed by atoms with van der Waals surface area (Å²) in [5, 5.41) is 3.24. The summed E-state index contributed by atoms with van der Waals surface area (Å²) in [7, 11) is 0. The van der Waals surface area contributed by atoms with Crippen molar-refractivity contribution in [2.24, 2.45) is 5.92 Å². The molecule has 3 heteroatoms. The number of rotatable bonds is 2. The van der Waals surface area contributed by atoms with Gasteiger partial charge in [0, 0.05) is 18.6 Å². The van der Waals surface area contributed by atoms with Crippen molar-refractivity contribution < 1.29 is 4.79 Å². The molecular formula is C12H24N2O. The predicted octanol–water partition coefficient (Wildman–Crippen LogP) is 1.63. The van der Waals surface area contributed by atoms with Crippen molar-refractivity contribution in [1.82, 2.24) is 10.2 Å². The van der Waals surface area contributed by atoms with Crippen LogP contribution in [0.25, 0.3) is 0 Å². The minimum atomic E-state index is 0.0265. The molecule has 0 aliphatic carbocycles. The van der Waals surface area contributed by atoms with Crippen LogP contribution in [0.5, 0.6) is 0 Å². The molecule has 0 aromatic carbocycles. The molecule has 0 aromatic rings. The van der Waals surface area contributed by atoms with Crippen LogP contribution in [0.4, 0.5) is 0 Å². The monoisotopic (exact) mass is 212 g/mol. The van der Waals surface area contributed by atoms with E-state index in [1.807, 2.05) is 4.90 Å². The lowest BCUT2D eigenvalue weighted by atomic mass is 9.99. The highest BCUT2D eigenvalue weighted by molar-refractivity contribution is 5.78. The van der Waals surface area contributed by atoms with Gasteiger partial charge < -0.3 is 10.2 Å².